The van der Waals surface area contributed by atoms with Crippen LogP contribution in [0.4, 0.5) is 0 Å². The van der Waals surface area contributed by atoms with Crippen molar-refractivity contribution >= 4 is 16.8 Å². The van der Waals surface area contributed by atoms with Crippen LogP contribution in [-0.2, 0) is 17.9 Å². The van der Waals surface area contributed by atoms with Crippen molar-refractivity contribution in [3.05, 3.63) is 36.0 Å². The Balaban J connectivity index is 2.38. The molecule has 0 bridgehead atoms. The van der Waals surface area contributed by atoms with Gasteiger partial charge in [0, 0.05) is 18.3 Å². The molecule has 84 valence electrons. The predicted octanol–water partition coefficient (Wildman–Crippen LogP) is 0.846. The molecule has 1 heterocycles. The average Bonchev–Trinajstić information content (AvgIpc) is 2.61. The van der Waals surface area contributed by atoms with Gasteiger partial charge >= 0.3 is 0 Å². The van der Waals surface area contributed by atoms with E-state index in [0.29, 0.717) is 0 Å². The zero-order valence-electron chi connectivity index (χ0n) is 9.23. The number of nitrogens with zero attached hydrogens (tertiary/aromatic N) is 1. The Morgan fingerprint density at radius 3 is 2.94 bits per heavy atom. The molecule has 2 rings (SSSR count). The van der Waals surface area contributed by atoms with E-state index in [4.69, 9.17) is 5.73 Å². The number of benzene rings is 1. The number of aromatic nitrogens is 1. The molecule has 0 radical (unpaired) electrons. The molecule has 0 unspecified atom stereocenters. The number of carbonyl (C=O) groups excluding carboxylic acids is 1. The van der Waals surface area contributed by atoms with Crippen molar-refractivity contribution in [1.29, 1.82) is 0 Å². The van der Waals surface area contributed by atoms with Crippen LogP contribution in [0.25, 0.3) is 10.9 Å². The van der Waals surface area contributed by atoms with Gasteiger partial charge in [-0.2, -0.15) is 0 Å². The maximum Gasteiger partial charge on any atom is 0.237 e. The number of rotatable bonds is 4. The second-order valence-corrected chi connectivity index (χ2v) is 3.83. The molecule has 4 heteroatoms. The van der Waals surface area contributed by atoms with Gasteiger partial charge in [-0.25, -0.2) is 0 Å². The van der Waals surface area contributed by atoms with Gasteiger partial charge in [0.15, 0.2) is 0 Å². The summed E-state index contributed by atoms with van der Waals surface area (Å²) in [6.45, 7) is 1.08. The van der Waals surface area contributed by atoms with E-state index in [1.54, 1.807) is 0 Å². The van der Waals surface area contributed by atoms with Gasteiger partial charge < -0.3 is 15.6 Å². The summed E-state index contributed by atoms with van der Waals surface area (Å²) in [5.74, 6) is -0.322. The Labute approximate surface area is 94.0 Å². The van der Waals surface area contributed by atoms with Crippen LogP contribution in [0.5, 0.6) is 0 Å². The molecule has 0 aliphatic rings. The molecule has 1 aromatic heterocycles. The number of primary amides is 1. The lowest BCUT2D eigenvalue weighted by Crippen LogP contribution is -2.17. The summed E-state index contributed by atoms with van der Waals surface area (Å²) in [6, 6.07) is 8.18. The molecule has 0 aliphatic carbocycles. The zero-order chi connectivity index (χ0) is 11.5. The third-order valence-electron chi connectivity index (χ3n) is 2.54. The molecule has 1 aromatic carbocycles. The minimum absolute atomic E-state index is 0.231. The predicted molar refractivity (Wildman–Crippen MR) is 63.9 cm³/mol. The van der Waals surface area contributed by atoms with E-state index in [2.05, 4.69) is 17.4 Å². The molecule has 2 aromatic rings. The Bertz CT molecular complexity index is 516. The van der Waals surface area contributed by atoms with Crippen LogP contribution in [0.15, 0.2) is 30.5 Å². The van der Waals surface area contributed by atoms with Crippen molar-refractivity contribution in [3.8, 4) is 0 Å². The highest BCUT2D eigenvalue weighted by atomic mass is 16.1. The first-order chi connectivity index (χ1) is 7.70. The normalized spacial score (nSPS) is 10.8. The first-order valence-corrected chi connectivity index (χ1v) is 5.21. The molecule has 4 nitrogen and oxygen atoms in total. The van der Waals surface area contributed by atoms with Gasteiger partial charge in [0.2, 0.25) is 5.91 Å². The molecule has 0 spiro atoms. The van der Waals surface area contributed by atoms with Crippen molar-refractivity contribution in [3.63, 3.8) is 0 Å². The Hall–Kier alpha value is -1.81. The van der Waals surface area contributed by atoms with Crippen molar-refractivity contribution in [1.82, 2.24) is 9.88 Å². The van der Waals surface area contributed by atoms with Gasteiger partial charge in [-0.1, -0.05) is 6.07 Å². The number of nitrogens with one attached hydrogen (secondary N) is 1. The second kappa shape index (κ2) is 4.37. The first kappa shape index (κ1) is 10.7. The molecule has 0 saturated heterocycles. The van der Waals surface area contributed by atoms with Gasteiger partial charge in [0.25, 0.3) is 0 Å². The molecule has 0 aliphatic heterocycles. The van der Waals surface area contributed by atoms with Crippen LogP contribution in [0, 0.1) is 0 Å². The Kier molecular flexibility index (Phi) is 2.92. The zero-order valence-corrected chi connectivity index (χ0v) is 9.23. The first-order valence-electron chi connectivity index (χ1n) is 5.21. The second-order valence-electron chi connectivity index (χ2n) is 3.83. The van der Waals surface area contributed by atoms with E-state index >= 15 is 0 Å². The highest BCUT2D eigenvalue weighted by molar-refractivity contribution is 5.83. The van der Waals surface area contributed by atoms with Crippen LogP contribution < -0.4 is 11.1 Å². The minimum Gasteiger partial charge on any atom is -0.368 e. The van der Waals surface area contributed by atoms with E-state index in [-0.39, 0.29) is 12.5 Å². The fourth-order valence-corrected chi connectivity index (χ4v) is 1.87. The van der Waals surface area contributed by atoms with Crippen molar-refractivity contribution < 1.29 is 4.79 Å². The smallest absolute Gasteiger partial charge is 0.237 e. The van der Waals surface area contributed by atoms with Crippen LogP contribution in [0.3, 0.4) is 0 Å². The van der Waals surface area contributed by atoms with Crippen molar-refractivity contribution in [2.24, 2.45) is 5.73 Å². The Morgan fingerprint density at radius 1 is 1.44 bits per heavy atom. The molecule has 16 heavy (non-hydrogen) atoms. The maximum absolute atomic E-state index is 10.9. The molecule has 1 amide bonds. The lowest BCUT2D eigenvalue weighted by molar-refractivity contribution is -0.118. The summed E-state index contributed by atoms with van der Waals surface area (Å²) in [5.41, 5.74) is 7.45. The highest BCUT2D eigenvalue weighted by Gasteiger charge is 2.03. The van der Waals surface area contributed by atoms with Gasteiger partial charge in [-0.3, -0.25) is 4.79 Å². The number of nitrogens with two attached hydrogens (primary N) is 1. The number of carbonyl (C=O) groups is 1. The Morgan fingerprint density at radius 2 is 2.25 bits per heavy atom. The maximum atomic E-state index is 10.9. The van der Waals surface area contributed by atoms with Gasteiger partial charge in [-0.15, -0.1) is 0 Å². The van der Waals surface area contributed by atoms with Gasteiger partial charge in [-0.05, 0) is 36.2 Å². The van der Waals surface area contributed by atoms with Crippen molar-refractivity contribution in [2.45, 2.75) is 13.1 Å². The minimum atomic E-state index is -0.322. The lowest BCUT2D eigenvalue weighted by Gasteiger charge is -2.03. The van der Waals surface area contributed by atoms with Crippen LogP contribution >= 0.6 is 0 Å². The topological polar surface area (TPSA) is 60.1 Å². The third-order valence-corrected chi connectivity index (χ3v) is 2.54. The molecule has 3 N–H and O–H groups in total. The monoisotopic (exact) mass is 217 g/mol. The summed E-state index contributed by atoms with van der Waals surface area (Å²) < 4.78 is 1.86. The van der Waals surface area contributed by atoms with Gasteiger partial charge in [0.05, 0.1) is 0 Å². The molecule has 0 saturated carbocycles. The summed E-state index contributed by atoms with van der Waals surface area (Å²) in [6.07, 6.45) is 1.89. The fourth-order valence-electron chi connectivity index (χ4n) is 1.87. The van der Waals surface area contributed by atoms with E-state index in [1.165, 1.54) is 5.56 Å². The van der Waals surface area contributed by atoms with Gasteiger partial charge in [0.1, 0.15) is 6.54 Å². The van der Waals surface area contributed by atoms with E-state index in [1.807, 2.05) is 29.9 Å². The quantitative estimate of drug-likeness (QED) is 0.797. The number of hydrogen-bond donors (Lipinski definition) is 2. The summed E-state index contributed by atoms with van der Waals surface area (Å²) in [5, 5.41) is 4.24. The van der Waals surface area contributed by atoms with Crippen LogP contribution in [0.2, 0.25) is 0 Å². The lowest BCUT2D eigenvalue weighted by atomic mass is 10.1. The summed E-state index contributed by atoms with van der Waals surface area (Å²) in [4.78, 5) is 10.9. The average molecular weight is 217 g/mol. The van der Waals surface area contributed by atoms with E-state index in [9.17, 15) is 4.79 Å². The molecule has 0 fully saturated rings. The number of hydrogen-bond acceptors (Lipinski definition) is 2. The summed E-state index contributed by atoms with van der Waals surface area (Å²) in [7, 11) is 1.92. The summed E-state index contributed by atoms with van der Waals surface area (Å²) >= 11 is 0. The fraction of sp³-hybridized carbons (Fsp3) is 0.250. The van der Waals surface area contributed by atoms with E-state index in [0.717, 1.165) is 17.4 Å². The highest BCUT2D eigenvalue weighted by Crippen LogP contribution is 2.17. The standard InChI is InChI=1S/C12H15N3O/c1-14-7-9-2-3-11-10(6-9)4-5-15(11)8-12(13)16/h2-6,14H,7-8H2,1H3,(H2,13,16). The van der Waals surface area contributed by atoms with Crippen LogP contribution in [-0.4, -0.2) is 17.5 Å². The molecular formula is C12H15N3O. The van der Waals surface area contributed by atoms with E-state index < -0.39 is 0 Å². The van der Waals surface area contributed by atoms with Crippen LogP contribution in [0.1, 0.15) is 5.56 Å². The largest absolute Gasteiger partial charge is 0.368 e. The number of fused-ring (bicyclic) bond motifs is 1. The number of amides is 1. The molecule has 0 atom stereocenters. The van der Waals surface area contributed by atoms with Crippen molar-refractivity contribution in [2.75, 3.05) is 7.05 Å². The molecular weight excluding hydrogens is 202 g/mol. The third kappa shape index (κ3) is 2.06. The SMILES string of the molecule is CNCc1ccc2c(ccn2CC(N)=O)c1.